The van der Waals surface area contributed by atoms with Crippen molar-refractivity contribution in [2.45, 2.75) is 33.2 Å². The lowest BCUT2D eigenvalue weighted by molar-refractivity contribution is -0.143. The number of urea groups is 1. The first kappa shape index (κ1) is 20.0. The van der Waals surface area contributed by atoms with Gasteiger partial charge in [-0.2, -0.15) is 0 Å². The maximum Gasteiger partial charge on any atom is 0.317 e. The number of nitrogens with one attached hydrogen (secondary N) is 1. The number of aliphatic carboxylic acids is 1. The van der Waals surface area contributed by atoms with Crippen LogP contribution in [-0.2, 0) is 16.1 Å². The van der Waals surface area contributed by atoms with E-state index in [2.05, 4.69) is 5.32 Å². The van der Waals surface area contributed by atoms with Gasteiger partial charge >= 0.3 is 12.0 Å². The number of aryl methyl sites for hydroxylation is 1. The number of carbonyl (C=O) groups excluding carboxylic acids is 1. The standard InChI is InChI=1S/C19H28N2O5/c1-3-25-10-11-26-17-12-14(2)4-5-16(17)13-20-19(24)21-8-6-15(7-9-21)18(22)23/h4-5,12,15H,3,6-11,13H2,1-2H3,(H,20,24)(H,22,23). The number of carboxylic acids is 1. The summed E-state index contributed by atoms with van der Waals surface area (Å²) in [7, 11) is 0. The highest BCUT2D eigenvalue weighted by Gasteiger charge is 2.26. The molecule has 0 bridgehead atoms. The molecule has 2 N–H and O–H groups in total. The Morgan fingerprint density at radius 2 is 2.00 bits per heavy atom. The fraction of sp³-hybridized carbons (Fsp3) is 0.579. The minimum absolute atomic E-state index is 0.172. The van der Waals surface area contributed by atoms with Crippen LogP contribution in [0.1, 0.15) is 30.9 Å². The number of amides is 2. The van der Waals surface area contributed by atoms with Crippen molar-refractivity contribution in [3.8, 4) is 5.75 Å². The summed E-state index contributed by atoms with van der Waals surface area (Å²) < 4.78 is 11.1. The normalized spacial score (nSPS) is 14.9. The van der Waals surface area contributed by atoms with Gasteiger partial charge < -0.3 is 24.8 Å². The number of hydrogen-bond donors (Lipinski definition) is 2. The molecule has 144 valence electrons. The molecule has 7 heteroatoms. The van der Waals surface area contributed by atoms with Gasteiger partial charge in [0.2, 0.25) is 0 Å². The van der Waals surface area contributed by atoms with Crippen molar-refractivity contribution in [2.75, 3.05) is 32.9 Å². The van der Waals surface area contributed by atoms with Crippen molar-refractivity contribution in [2.24, 2.45) is 5.92 Å². The topological polar surface area (TPSA) is 88.1 Å². The molecule has 0 aromatic heterocycles. The van der Waals surface area contributed by atoms with Crippen molar-refractivity contribution in [1.29, 1.82) is 0 Å². The lowest BCUT2D eigenvalue weighted by atomic mass is 9.97. The highest BCUT2D eigenvalue weighted by molar-refractivity contribution is 5.75. The molecular formula is C19H28N2O5. The summed E-state index contributed by atoms with van der Waals surface area (Å²) in [6, 6.07) is 5.71. The fourth-order valence-electron chi connectivity index (χ4n) is 2.91. The third kappa shape index (κ3) is 5.91. The summed E-state index contributed by atoms with van der Waals surface area (Å²) >= 11 is 0. The molecule has 0 atom stereocenters. The highest BCUT2D eigenvalue weighted by atomic mass is 16.5. The number of piperidine rings is 1. The Hall–Kier alpha value is -2.28. The maximum absolute atomic E-state index is 12.3. The monoisotopic (exact) mass is 364 g/mol. The third-order valence-electron chi connectivity index (χ3n) is 4.47. The molecule has 7 nitrogen and oxygen atoms in total. The van der Waals surface area contributed by atoms with Crippen LogP contribution in [0.3, 0.4) is 0 Å². The van der Waals surface area contributed by atoms with E-state index in [1.165, 1.54) is 0 Å². The molecule has 0 spiro atoms. The minimum atomic E-state index is -0.779. The van der Waals surface area contributed by atoms with E-state index < -0.39 is 5.97 Å². The zero-order valence-corrected chi connectivity index (χ0v) is 15.5. The van der Waals surface area contributed by atoms with Gasteiger partial charge in [0.25, 0.3) is 0 Å². The number of carbonyl (C=O) groups is 2. The second-order valence-electron chi connectivity index (χ2n) is 6.41. The van der Waals surface area contributed by atoms with Crippen LogP contribution in [0.4, 0.5) is 4.79 Å². The molecule has 26 heavy (non-hydrogen) atoms. The van der Waals surface area contributed by atoms with Crippen LogP contribution in [0.15, 0.2) is 18.2 Å². The number of rotatable bonds is 8. The second-order valence-corrected chi connectivity index (χ2v) is 6.41. The Balaban J connectivity index is 1.86. The van der Waals surface area contributed by atoms with E-state index in [0.717, 1.165) is 16.9 Å². The first-order valence-electron chi connectivity index (χ1n) is 9.07. The van der Waals surface area contributed by atoms with Gasteiger partial charge in [0.15, 0.2) is 0 Å². The smallest absolute Gasteiger partial charge is 0.317 e. The van der Waals surface area contributed by atoms with Crippen LogP contribution < -0.4 is 10.1 Å². The number of nitrogens with zero attached hydrogens (tertiary/aromatic N) is 1. The average molecular weight is 364 g/mol. The molecule has 1 aromatic rings. The van der Waals surface area contributed by atoms with Crippen LogP contribution >= 0.6 is 0 Å². The van der Waals surface area contributed by atoms with Gasteiger partial charge in [-0.1, -0.05) is 12.1 Å². The first-order valence-corrected chi connectivity index (χ1v) is 9.07. The molecule has 1 saturated heterocycles. The van der Waals surface area contributed by atoms with E-state index in [1.807, 2.05) is 32.0 Å². The first-order chi connectivity index (χ1) is 12.5. The summed E-state index contributed by atoms with van der Waals surface area (Å²) in [6.07, 6.45) is 0.998. The van der Waals surface area contributed by atoms with Crippen LogP contribution in [0.2, 0.25) is 0 Å². The zero-order chi connectivity index (χ0) is 18.9. The van der Waals surface area contributed by atoms with Crippen LogP contribution in [-0.4, -0.2) is 54.9 Å². The van der Waals surface area contributed by atoms with Gasteiger partial charge in [0.05, 0.1) is 12.5 Å². The van der Waals surface area contributed by atoms with E-state index in [4.69, 9.17) is 14.6 Å². The Kier molecular flexibility index (Phi) is 7.72. The summed E-state index contributed by atoms with van der Waals surface area (Å²) in [4.78, 5) is 25.0. The number of benzene rings is 1. The lowest BCUT2D eigenvalue weighted by Crippen LogP contribution is -2.45. The van der Waals surface area contributed by atoms with E-state index in [0.29, 0.717) is 52.3 Å². The zero-order valence-electron chi connectivity index (χ0n) is 15.5. The van der Waals surface area contributed by atoms with Gasteiger partial charge in [0, 0.05) is 31.8 Å². The summed E-state index contributed by atoms with van der Waals surface area (Å²) in [5, 5.41) is 11.9. The second kappa shape index (κ2) is 10.0. The molecular weight excluding hydrogens is 336 g/mol. The molecule has 2 amide bonds. The molecule has 0 saturated carbocycles. The number of carboxylic acid groups (broad SMARTS) is 1. The van der Waals surface area contributed by atoms with Crippen LogP contribution in [0, 0.1) is 12.8 Å². The van der Waals surface area contributed by atoms with Crippen molar-refractivity contribution in [1.82, 2.24) is 10.2 Å². The van der Waals surface area contributed by atoms with Crippen molar-refractivity contribution >= 4 is 12.0 Å². The van der Waals surface area contributed by atoms with Crippen LogP contribution in [0.25, 0.3) is 0 Å². The van der Waals surface area contributed by atoms with Crippen molar-refractivity contribution < 1.29 is 24.2 Å². The van der Waals surface area contributed by atoms with Gasteiger partial charge in [0.1, 0.15) is 12.4 Å². The average Bonchev–Trinajstić information content (AvgIpc) is 2.64. The summed E-state index contributed by atoms with van der Waals surface area (Å²) in [5.41, 5.74) is 1.99. The largest absolute Gasteiger partial charge is 0.491 e. The molecule has 1 aliphatic heterocycles. The molecule has 1 fully saturated rings. The molecule has 0 radical (unpaired) electrons. The Morgan fingerprint density at radius 1 is 1.27 bits per heavy atom. The number of likely N-dealkylation sites (tertiary alicyclic amines) is 1. The molecule has 0 unspecified atom stereocenters. The fourth-order valence-corrected chi connectivity index (χ4v) is 2.91. The molecule has 1 heterocycles. The van der Waals surface area contributed by atoms with E-state index in [1.54, 1.807) is 4.90 Å². The van der Waals surface area contributed by atoms with E-state index in [-0.39, 0.29) is 11.9 Å². The van der Waals surface area contributed by atoms with Gasteiger partial charge in [-0.05, 0) is 38.3 Å². The van der Waals surface area contributed by atoms with Crippen LogP contribution in [0.5, 0.6) is 5.75 Å². The van der Waals surface area contributed by atoms with Gasteiger partial charge in [-0.25, -0.2) is 4.79 Å². The third-order valence-corrected chi connectivity index (χ3v) is 4.47. The summed E-state index contributed by atoms with van der Waals surface area (Å²) in [5.74, 6) is -0.380. The minimum Gasteiger partial charge on any atom is -0.491 e. The maximum atomic E-state index is 12.3. The molecule has 1 aliphatic rings. The molecule has 0 aliphatic carbocycles. The lowest BCUT2D eigenvalue weighted by Gasteiger charge is -2.30. The van der Waals surface area contributed by atoms with Crippen molar-refractivity contribution in [3.05, 3.63) is 29.3 Å². The van der Waals surface area contributed by atoms with Gasteiger partial charge in [-0.15, -0.1) is 0 Å². The predicted molar refractivity (Wildman–Crippen MR) is 97.3 cm³/mol. The number of hydrogen-bond acceptors (Lipinski definition) is 4. The van der Waals surface area contributed by atoms with E-state index >= 15 is 0 Å². The van der Waals surface area contributed by atoms with Crippen molar-refractivity contribution in [3.63, 3.8) is 0 Å². The Morgan fingerprint density at radius 3 is 2.65 bits per heavy atom. The van der Waals surface area contributed by atoms with E-state index in [9.17, 15) is 9.59 Å². The Bertz CT molecular complexity index is 612. The quantitative estimate of drug-likeness (QED) is 0.692. The number of ether oxygens (including phenoxy) is 2. The molecule has 1 aromatic carbocycles. The SMILES string of the molecule is CCOCCOc1cc(C)ccc1CNC(=O)N1CCC(C(=O)O)CC1. The molecule has 2 rings (SSSR count). The Labute approximate surface area is 154 Å². The highest BCUT2D eigenvalue weighted by Crippen LogP contribution is 2.21. The van der Waals surface area contributed by atoms with Gasteiger partial charge in [-0.3, -0.25) is 4.79 Å². The summed E-state index contributed by atoms with van der Waals surface area (Å²) in [6.45, 7) is 6.86. The predicted octanol–water partition coefficient (Wildman–Crippen LogP) is 2.42.